The fourth-order valence-electron chi connectivity index (χ4n) is 2.24. The zero-order valence-electron chi connectivity index (χ0n) is 10.9. The quantitative estimate of drug-likeness (QED) is 0.877. The zero-order chi connectivity index (χ0) is 13.7. The zero-order valence-corrected chi connectivity index (χ0v) is 10.9. The first kappa shape index (κ1) is 13.6. The maximum atomic E-state index is 12.4. The molecule has 1 fully saturated rings. The van der Waals surface area contributed by atoms with Crippen molar-refractivity contribution in [3.05, 3.63) is 35.4 Å². The number of nitrogens with zero attached hydrogens (tertiary/aromatic N) is 2. The van der Waals surface area contributed by atoms with E-state index < -0.39 is 0 Å². The van der Waals surface area contributed by atoms with E-state index in [1.807, 2.05) is 11.0 Å². The average molecular weight is 258 g/mol. The normalized spacial score (nSPS) is 14.5. The Bertz CT molecular complexity index is 472. The van der Waals surface area contributed by atoms with Crippen LogP contribution in [0.15, 0.2) is 24.3 Å². The van der Waals surface area contributed by atoms with Gasteiger partial charge in [0.25, 0.3) is 5.91 Å². The first-order chi connectivity index (χ1) is 9.26. The molecule has 1 amide bonds. The van der Waals surface area contributed by atoms with Crippen molar-refractivity contribution in [2.24, 2.45) is 0 Å². The van der Waals surface area contributed by atoms with Crippen LogP contribution in [0, 0.1) is 11.3 Å². The monoisotopic (exact) mass is 258 g/mol. The molecule has 0 aliphatic heterocycles. The van der Waals surface area contributed by atoms with E-state index in [-0.39, 0.29) is 12.5 Å². The summed E-state index contributed by atoms with van der Waals surface area (Å²) in [5, 5.41) is 17.7. The Morgan fingerprint density at radius 1 is 1.37 bits per heavy atom. The Balaban J connectivity index is 2.10. The Hall–Kier alpha value is -1.86. The molecule has 0 bridgehead atoms. The molecule has 0 heterocycles. The molecular weight excluding hydrogens is 240 g/mol. The number of carbonyl (C=O) groups excluding carboxylic acids is 1. The third-order valence-electron chi connectivity index (χ3n) is 3.59. The molecule has 2 rings (SSSR count). The number of hydrogen-bond donors (Lipinski definition) is 1. The van der Waals surface area contributed by atoms with Crippen LogP contribution in [0.3, 0.4) is 0 Å². The highest BCUT2D eigenvalue weighted by Gasteiger charge is 2.28. The second kappa shape index (κ2) is 6.35. The number of aliphatic hydroxyl groups excluding tert-OH is 1. The Labute approximate surface area is 113 Å². The molecule has 1 N–H and O–H groups in total. The molecule has 1 saturated carbocycles. The highest BCUT2D eigenvalue weighted by atomic mass is 16.3. The second-order valence-electron chi connectivity index (χ2n) is 4.85. The lowest BCUT2D eigenvalue weighted by Gasteiger charge is -2.37. The van der Waals surface area contributed by atoms with E-state index in [1.165, 1.54) is 6.42 Å². The van der Waals surface area contributed by atoms with Crippen LogP contribution in [0.5, 0.6) is 0 Å². The SMILES string of the molecule is N#Cc1ccc(C(=O)N(CCCO)C2CCC2)cc1. The number of benzene rings is 1. The summed E-state index contributed by atoms with van der Waals surface area (Å²) in [6.07, 6.45) is 3.88. The molecule has 1 aliphatic carbocycles. The van der Waals surface area contributed by atoms with Gasteiger partial charge in [-0.05, 0) is 49.9 Å². The highest BCUT2D eigenvalue weighted by molar-refractivity contribution is 5.94. The van der Waals surface area contributed by atoms with Crippen molar-refractivity contribution >= 4 is 5.91 Å². The Morgan fingerprint density at radius 3 is 2.53 bits per heavy atom. The highest BCUT2D eigenvalue weighted by Crippen LogP contribution is 2.26. The van der Waals surface area contributed by atoms with Gasteiger partial charge in [-0.2, -0.15) is 5.26 Å². The van der Waals surface area contributed by atoms with Crippen molar-refractivity contribution < 1.29 is 9.90 Å². The fraction of sp³-hybridized carbons (Fsp3) is 0.467. The predicted octanol–water partition coefficient (Wildman–Crippen LogP) is 1.94. The minimum atomic E-state index is 0.00244. The molecule has 0 spiro atoms. The Morgan fingerprint density at radius 2 is 2.05 bits per heavy atom. The van der Waals surface area contributed by atoms with E-state index in [4.69, 9.17) is 10.4 Å². The average Bonchev–Trinajstić information content (AvgIpc) is 2.40. The molecule has 100 valence electrons. The smallest absolute Gasteiger partial charge is 0.254 e. The maximum absolute atomic E-state index is 12.4. The van der Waals surface area contributed by atoms with E-state index in [0.29, 0.717) is 30.1 Å². The molecule has 4 nitrogen and oxygen atoms in total. The summed E-state index contributed by atoms with van der Waals surface area (Å²) in [7, 11) is 0. The summed E-state index contributed by atoms with van der Waals surface area (Å²) < 4.78 is 0. The summed E-state index contributed by atoms with van der Waals surface area (Å²) in [6.45, 7) is 0.698. The fourth-order valence-corrected chi connectivity index (χ4v) is 2.24. The summed E-state index contributed by atoms with van der Waals surface area (Å²) in [6, 6.07) is 9.09. The molecule has 1 aromatic rings. The van der Waals surface area contributed by atoms with Gasteiger partial charge in [0, 0.05) is 24.8 Å². The predicted molar refractivity (Wildman–Crippen MR) is 71.5 cm³/mol. The van der Waals surface area contributed by atoms with Crippen molar-refractivity contribution in [1.82, 2.24) is 4.90 Å². The maximum Gasteiger partial charge on any atom is 0.254 e. The molecule has 0 atom stereocenters. The number of rotatable bonds is 5. The van der Waals surface area contributed by atoms with Gasteiger partial charge in [-0.3, -0.25) is 4.79 Å². The van der Waals surface area contributed by atoms with Gasteiger partial charge < -0.3 is 10.0 Å². The van der Waals surface area contributed by atoms with E-state index in [1.54, 1.807) is 24.3 Å². The van der Waals surface area contributed by atoms with Gasteiger partial charge in [0.05, 0.1) is 11.6 Å². The first-order valence-electron chi connectivity index (χ1n) is 6.68. The molecule has 0 radical (unpaired) electrons. The number of aliphatic hydroxyl groups is 1. The van der Waals surface area contributed by atoms with E-state index in [2.05, 4.69) is 0 Å². The molecular formula is C15H18N2O2. The summed E-state index contributed by atoms with van der Waals surface area (Å²) in [5.41, 5.74) is 1.17. The lowest BCUT2D eigenvalue weighted by Crippen LogP contribution is -2.44. The van der Waals surface area contributed by atoms with Crippen molar-refractivity contribution in [1.29, 1.82) is 5.26 Å². The topological polar surface area (TPSA) is 64.3 Å². The largest absolute Gasteiger partial charge is 0.396 e. The molecule has 1 aliphatic rings. The van der Waals surface area contributed by atoms with Crippen LogP contribution in [0.4, 0.5) is 0 Å². The standard InChI is InChI=1S/C15H18N2O2/c16-11-12-5-7-13(8-6-12)15(19)17(9-2-10-18)14-3-1-4-14/h5-8,14,18H,1-4,9-10H2. The number of carbonyl (C=O) groups is 1. The van der Waals surface area contributed by atoms with Gasteiger partial charge >= 0.3 is 0 Å². The molecule has 0 saturated heterocycles. The third-order valence-corrected chi connectivity index (χ3v) is 3.59. The molecule has 0 aromatic heterocycles. The van der Waals surface area contributed by atoms with Crippen molar-refractivity contribution in [2.45, 2.75) is 31.7 Å². The van der Waals surface area contributed by atoms with Crippen molar-refractivity contribution in [3.8, 4) is 6.07 Å². The number of amides is 1. The van der Waals surface area contributed by atoms with Gasteiger partial charge in [0.1, 0.15) is 0 Å². The summed E-state index contributed by atoms with van der Waals surface area (Å²) >= 11 is 0. The molecule has 19 heavy (non-hydrogen) atoms. The van der Waals surface area contributed by atoms with Crippen LogP contribution in [-0.4, -0.2) is 35.1 Å². The van der Waals surface area contributed by atoms with Crippen LogP contribution in [0.1, 0.15) is 41.6 Å². The van der Waals surface area contributed by atoms with Crippen LogP contribution >= 0.6 is 0 Å². The Kier molecular flexibility index (Phi) is 4.53. The van der Waals surface area contributed by atoms with Crippen LogP contribution in [-0.2, 0) is 0 Å². The minimum Gasteiger partial charge on any atom is -0.396 e. The van der Waals surface area contributed by atoms with E-state index in [9.17, 15) is 4.79 Å². The third kappa shape index (κ3) is 3.12. The molecule has 4 heteroatoms. The van der Waals surface area contributed by atoms with Crippen molar-refractivity contribution in [2.75, 3.05) is 13.2 Å². The van der Waals surface area contributed by atoms with Crippen LogP contribution in [0.2, 0.25) is 0 Å². The van der Waals surface area contributed by atoms with Crippen LogP contribution in [0.25, 0.3) is 0 Å². The molecule has 0 unspecified atom stereocenters. The van der Waals surface area contributed by atoms with Gasteiger partial charge in [-0.15, -0.1) is 0 Å². The second-order valence-corrected chi connectivity index (χ2v) is 4.85. The molecule has 1 aromatic carbocycles. The van der Waals surface area contributed by atoms with Gasteiger partial charge in [-0.1, -0.05) is 0 Å². The minimum absolute atomic E-state index is 0.00244. The number of hydrogen-bond acceptors (Lipinski definition) is 3. The lowest BCUT2D eigenvalue weighted by atomic mass is 9.90. The first-order valence-corrected chi connectivity index (χ1v) is 6.68. The van der Waals surface area contributed by atoms with Gasteiger partial charge in [0.2, 0.25) is 0 Å². The van der Waals surface area contributed by atoms with Gasteiger partial charge in [0.15, 0.2) is 0 Å². The van der Waals surface area contributed by atoms with E-state index in [0.717, 1.165) is 12.8 Å². The van der Waals surface area contributed by atoms with Crippen LogP contribution < -0.4 is 0 Å². The number of nitriles is 1. The van der Waals surface area contributed by atoms with Crippen molar-refractivity contribution in [3.63, 3.8) is 0 Å². The van der Waals surface area contributed by atoms with E-state index >= 15 is 0 Å². The summed E-state index contributed by atoms with van der Waals surface area (Å²) in [4.78, 5) is 14.3. The summed E-state index contributed by atoms with van der Waals surface area (Å²) in [5.74, 6) is 0.00244. The lowest BCUT2D eigenvalue weighted by molar-refractivity contribution is 0.0562. The van der Waals surface area contributed by atoms with Gasteiger partial charge in [-0.25, -0.2) is 0 Å².